The molecule has 3 aromatic rings. The molecule has 1 heterocycles. The lowest BCUT2D eigenvalue weighted by atomic mass is 9.97. The third-order valence-electron chi connectivity index (χ3n) is 4.64. The first-order valence-electron chi connectivity index (χ1n) is 8.55. The van der Waals surface area contributed by atoms with Gasteiger partial charge in [-0.05, 0) is 42.3 Å². The number of nitrogens with zero attached hydrogens (tertiary/aromatic N) is 2. The van der Waals surface area contributed by atoms with Gasteiger partial charge in [-0.25, -0.2) is 0 Å². The van der Waals surface area contributed by atoms with Gasteiger partial charge >= 0.3 is 0 Å². The fourth-order valence-corrected chi connectivity index (χ4v) is 3.80. The fourth-order valence-electron chi connectivity index (χ4n) is 3.26. The second kappa shape index (κ2) is 7.14. The zero-order valence-electron chi connectivity index (χ0n) is 14.4. The number of anilines is 1. The van der Waals surface area contributed by atoms with E-state index in [4.69, 9.17) is 28.3 Å². The molecule has 0 aliphatic carbocycles. The van der Waals surface area contributed by atoms with Crippen molar-refractivity contribution >= 4 is 34.6 Å². The Balaban J connectivity index is 1.77. The summed E-state index contributed by atoms with van der Waals surface area (Å²) >= 11 is 12.6. The molecule has 3 aromatic carbocycles. The van der Waals surface area contributed by atoms with Gasteiger partial charge in [0.05, 0.1) is 17.4 Å². The lowest BCUT2D eigenvalue weighted by molar-refractivity contribution is 0.709. The standard InChI is InChI=1S/C22H18Cl2N2/c1-15-7-9-16(10-8-15)21-14-22(19-12-11-17(23)13-20(19)24)26(25-21)18-5-3-2-4-6-18/h2-13,22H,14H2,1H3. The lowest BCUT2D eigenvalue weighted by Crippen LogP contribution is -2.18. The third-order valence-corrected chi connectivity index (χ3v) is 5.20. The minimum atomic E-state index is 0.0402. The Hall–Kier alpha value is -2.29. The second-order valence-corrected chi connectivity index (χ2v) is 7.32. The van der Waals surface area contributed by atoms with E-state index in [1.165, 1.54) is 5.56 Å². The summed E-state index contributed by atoms with van der Waals surface area (Å²) in [7, 11) is 0. The Kier molecular flexibility index (Phi) is 4.71. The number of halogens is 2. The maximum atomic E-state index is 6.51. The number of para-hydroxylation sites is 1. The molecule has 0 saturated carbocycles. The first kappa shape index (κ1) is 17.1. The van der Waals surface area contributed by atoms with E-state index in [0.29, 0.717) is 10.0 Å². The monoisotopic (exact) mass is 380 g/mol. The molecule has 130 valence electrons. The van der Waals surface area contributed by atoms with Crippen molar-refractivity contribution in [1.82, 2.24) is 0 Å². The number of hydrogen-bond donors (Lipinski definition) is 0. The molecule has 4 heteroatoms. The quantitative estimate of drug-likeness (QED) is 0.495. The van der Waals surface area contributed by atoms with Crippen LogP contribution in [0.2, 0.25) is 10.0 Å². The van der Waals surface area contributed by atoms with Crippen LogP contribution in [0.3, 0.4) is 0 Å². The van der Waals surface area contributed by atoms with Crippen molar-refractivity contribution in [3.05, 3.63) is 99.5 Å². The highest BCUT2D eigenvalue weighted by Gasteiger charge is 2.31. The van der Waals surface area contributed by atoms with Gasteiger partial charge in [0, 0.05) is 16.5 Å². The predicted molar refractivity (Wildman–Crippen MR) is 110 cm³/mol. The normalized spacial score (nSPS) is 16.7. The molecule has 0 spiro atoms. The highest BCUT2D eigenvalue weighted by Crippen LogP contribution is 2.39. The van der Waals surface area contributed by atoms with Crippen LogP contribution in [0, 0.1) is 6.92 Å². The first-order valence-corrected chi connectivity index (χ1v) is 9.31. The van der Waals surface area contributed by atoms with E-state index in [2.05, 4.69) is 48.3 Å². The molecule has 0 aromatic heterocycles. The Labute approximate surface area is 163 Å². The summed E-state index contributed by atoms with van der Waals surface area (Å²) in [6.07, 6.45) is 0.791. The molecule has 1 unspecified atom stereocenters. The van der Waals surface area contributed by atoms with Gasteiger partial charge < -0.3 is 0 Å². The van der Waals surface area contributed by atoms with Crippen LogP contribution in [0.25, 0.3) is 0 Å². The summed E-state index contributed by atoms with van der Waals surface area (Å²) in [5, 5.41) is 8.31. The van der Waals surface area contributed by atoms with Crippen LogP contribution >= 0.6 is 23.2 Å². The Morgan fingerprint density at radius 2 is 1.65 bits per heavy atom. The van der Waals surface area contributed by atoms with Gasteiger partial charge in [-0.3, -0.25) is 5.01 Å². The Morgan fingerprint density at radius 3 is 2.35 bits per heavy atom. The number of hydrazone groups is 1. The van der Waals surface area contributed by atoms with Crippen LogP contribution in [-0.2, 0) is 0 Å². The van der Waals surface area contributed by atoms with Crippen LogP contribution in [0.1, 0.15) is 29.2 Å². The Bertz CT molecular complexity index is 950. The number of benzene rings is 3. The van der Waals surface area contributed by atoms with E-state index in [-0.39, 0.29) is 6.04 Å². The molecule has 0 radical (unpaired) electrons. The number of aryl methyl sites for hydroxylation is 1. The smallest absolute Gasteiger partial charge is 0.0846 e. The zero-order chi connectivity index (χ0) is 18.1. The summed E-state index contributed by atoms with van der Waals surface area (Å²) < 4.78 is 0. The zero-order valence-corrected chi connectivity index (χ0v) is 15.9. The number of rotatable bonds is 3. The van der Waals surface area contributed by atoms with Crippen LogP contribution in [-0.4, -0.2) is 5.71 Å². The van der Waals surface area contributed by atoms with Gasteiger partial charge in [0.1, 0.15) is 0 Å². The summed E-state index contributed by atoms with van der Waals surface area (Å²) in [4.78, 5) is 0. The SMILES string of the molecule is Cc1ccc(C2=NN(c3ccccc3)C(c3ccc(Cl)cc3Cl)C2)cc1. The minimum Gasteiger partial charge on any atom is -0.257 e. The van der Waals surface area contributed by atoms with Crippen molar-refractivity contribution in [2.24, 2.45) is 5.10 Å². The van der Waals surface area contributed by atoms with Gasteiger partial charge in [0.15, 0.2) is 0 Å². The first-order chi connectivity index (χ1) is 12.6. The van der Waals surface area contributed by atoms with E-state index in [1.807, 2.05) is 30.3 Å². The van der Waals surface area contributed by atoms with E-state index >= 15 is 0 Å². The molecule has 0 amide bonds. The molecule has 26 heavy (non-hydrogen) atoms. The van der Waals surface area contributed by atoms with Crippen molar-refractivity contribution in [1.29, 1.82) is 0 Å². The van der Waals surface area contributed by atoms with Crippen LogP contribution < -0.4 is 5.01 Å². The van der Waals surface area contributed by atoms with Gasteiger partial charge in [-0.15, -0.1) is 0 Å². The van der Waals surface area contributed by atoms with E-state index in [9.17, 15) is 0 Å². The molecule has 0 fully saturated rings. The van der Waals surface area contributed by atoms with E-state index in [1.54, 1.807) is 6.07 Å². The van der Waals surface area contributed by atoms with Gasteiger partial charge in [-0.1, -0.05) is 77.3 Å². The van der Waals surface area contributed by atoms with Crippen molar-refractivity contribution in [3.63, 3.8) is 0 Å². The number of hydrogen-bond acceptors (Lipinski definition) is 2. The highest BCUT2D eigenvalue weighted by atomic mass is 35.5. The summed E-state index contributed by atoms with van der Waals surface area (Å²) in [5.74, 6) is 0. The van der Waals surface area contributed by atoms with Crippen molar-refractivity contribution in [3.8, 4) is 0 Å². The van der Waals surface area contributed by atoms with Crippen molar-refractivity contribution in [2.45, 2.75) is 19.4 Å². The predicted octanol–water partition coefficient (Wildman–Crippen LogP) is 6.66. The molecule has 0 bridgehead atoms. The van der Waals surface area contributed by atoms with Gasteiger partial charge in [0.25, 0.3) is 0 Å². The highest BCUT2D eigenvalue weighted by molar-refractivity contribution is 6.35. The second-order valence-electron chi connectivity index (χ2n) is 6.48. The average molecular weight is 381 g/mol. The van der Waals surface area contributed by atoms with E-state index < -0.39 is 0 Å². The molecular weight excluding hydrogens is 363 g/mol. The van der Waals surface area contributed by atoms with Gasteiger partial charge in [0.2, 0.25) is 0 Å². The topological polar surface area (TPSA) is 15.6 Å². The molecule has 1 aliphatic rings. The minimum absolute atomic E-state index is 0.0402. The van der Waals surface area contributed by atoms with Crippen LogP contribution in [0.15, 0.2) is 77.9 Å². The van der Waals surface area contributed by atoms with Crippen LogP contribution in [0.4, 0.5) is 5.69 Å². The average Bonchev–Trinajstić information content (AvgIpc) is 3.08. The molecule has 2 nitrogen and oxygen atoms in total. The Morgan fingerprint density at radius 1 is 0.923 bits per heavy atom. The molecule has 0 N–H and O–H groups in total. The largest absolute Gasteiger partial charge is 0.257 e. The molecular formula is C22H18Cl2N2. The molecule has 1 atom stereocenters. The summed E-state index contributed by atoms with van der Waals surface area (Å²) in [6.45, 7) is 2.09. The summed E-state index contributed by atoms with van der Waals surface area (Å²) in [5.41, 5.74) is 5.52. The van der Waals surface area contributed by atoms with Crippen molar-refractivity contribution in [2.75, 3.05) is 5.01 Å². The maximum Gasteiger partial charge on any atom is 0.0846 e. The van der Waals surface area contributed by atoms with Crippen molar-refractivity contribution < 1.29 is 0 Å². The molecule has 4 rings (SSSR count). The fraction of sp³-hybridized carbons (Fsp3) is 0.136. The maximum absolute atomic E-state index is 6.51. The van der Waals surface area contributed by atoms with Crippen LogP contribution in [0.5, 0.6) is 0 Å². The molecule has 0 saturated heterocycles. The van der Waals surface area contributed by atoms with E-state index in [0.717, 1.165) is 28.9 Å². The molecule has 1 aliphatic heterocycles. The lowest BCUT2D eigenvalue weighted by Gasteiger charge is -2.24. The summed E-state index contributed by atoms with van der Waals surface area (Å²) in [6, 6.07) is 24.4. The third kappa shape index (κ3) is 3.35. The van der Waals surface area contributed by atoms with Gasteiger partial charge in [-0.2, -0.15) is 5.10 Å².